The molecule has 0 spiro atoms. The van der Waals surface area contributed by atoms with Gasteiger partial charge in [-0.2, -0.15) is 0 Å². The summed E-state index contributed by atoms with van der Waals surface area (Å²) in [6.07, 6.45) is 0. The van der Waals surface area contributed by atoms with E-state index in [1.807, 2.05) is 0 Å². The molecule has 0 unspecified atom stereocenters. The van der Waals surface area contributed by atoms with Crippen LogP contribution in [0.15, 0.2) is 48.5 Å². The van der Waals surface area contributed by atoms with Crippen molar-refractivity contribution >= 4 is 154 Å². The Labute approximate surface area is 297 Å². The van der Waals surface area contributed by atoms with Crippen LogP contribution in [0, 0.1) is 0 Å². The molecule has 0 amide bonds. The molecule has 4 aromatic rings. The molecule has 0 saturated heterocycles. The molecular formula is C24H8AlCl12O4-. The zero-order valence-electron chi connectivity index (χ0n) is 19.4. The van der Waals surface area contributed by atoms with Gasteiger partial charge in [-0.25, -0.2) is 0 Å². The van der Waals surface area contributed by atoms with Gasteiger partial charge in [-0.1, -0.05) is 139 Å². The molecule has 17 heteroatoms. The highest BCUT2D eigenvalue weighted by molar-refractivity contribution is 6.59. The normalized spacial score (nSPS) is 11.4. The Bertz CT molecular complexity index is 1410. The van der Waals surface area contributed by atoms with Gasteiger partial charge >= 0.3 is 14.4 Å². The van der Waals surface area contributed by atoms with Crippen LogP contribution in [0.5, 0.6) is 23.0 Å². The van der Waals surface area contributed by atoms with E-state index in [0.717, 1.165) is 0 Å². The Hall–Kier alpha value is 0.0925. The highest BCUT2D eigenvalue weighted by Crippen LogP contribution is 2.45. The van der Waals surface area contributed by atoms with E-state index in [2.05, 4.69) is 0 Å². The van der Waals surface area contributed by atoms with Crippen LogP contribution in [0.2, 0.25) is 60.3 Å². The summed E-state index contributed by atoms with van der Waals surface area (Å²) in [7, 11) is 0. The van der Waals surface area contributed by atoms with Crippen molar-refractivity contribution in [2.45, 2.75) is 0 Å². The first kappa shape index (κ1) is 34.0. The minimum Gasteiger partial charge on any atom is -0.696 e. The van der Waals surface area contributed by atoms with Gasteiger partial charge in [-0.05, 0) is 48.5 Å². The predicted molar refractivity (Wildman–Crippen MR) is 174 cm³/mol. The molecule has 0 aromatic heterocycles. The van der Waals surface area contributed by atoms with Crippen LogP contribution in [0.3, 0.4) is 0 Å². The van der Waals surface area contributed by atoms with Gasteiger partial charge in [0.2, 0.25) is 0 Å². The lowest BCUT2D eigenvalue weighted by Crippen LogP contribution is -2.60. The lowest BCUT2D eigenvalue weighted by Gasteiger charge is -2.39. The molecule has 0 atom stereocenters. The van der Waals surface area contributed by atoms with Crippen molar-refractivity contribution in [3.8, 4) is 23.0 Å². The van der Waals surface area contributed by atoms with Crippen molar-refractivity contribution in [1.29, 1.82) is 0 Å². The van der Waals surface area contributed by atoms with E-state index in [1.165, 1.54) is 48.5 Å². The van der Waals surface area contributed by atoms with Gasteiger partial charge in [0, 0.05) is 0 Å². The van der Waals surface area contributed by atoms with E-state index >= 15 is 0 Å². The lowest BCUT2D eigenvalue weighted by atomic mass is 10.3. The van der Waals surface area contributed by atoms with E-state index < -0.39 is 14.4 Å². The molecule has 4 aromatic carbocycles. The van der Waals surface area contributed by atoms with Crippen molar-refractivity contribution in [2.24, 2.45) is 0 Å². The van der Waals surface area contributed by atoms with E-state index in [0.29, 0.717) is 0 Å². The molecule has 4 rings (SSSR count). The second kappa shape index (κ2) is 14.0. The highest BCUT2D eigenvalue weighted by Gasteiger charge is 2.65. The van der Waals surface area contributed by atoms with E-state index in [9.17, 15) is 0 Å². The Balaban J connectivity index is 1.98. The highest BCUT2D eigenvalue weighted by atomic mass is 35.5. The monoisotopic (exact) mass is 807 g/mol. The van der Waals surface area contributed by atoms with Gasteiger partial charge < -0.3 is 15.2 Å². The average Bonchev–Trinajstić information content (AvgIpc) is 2.94. The maximum Gasteiger partial charge on any atom is 1.21 e. The molecule has 41 heavy (non-hydrogen) atoms. The second-order valence-corrected chi connectivity index (χ2v) is 14.5. The molecule has 4 nitrogen and oxygen atoms in total. The summed E-state index contributed by atoms with van der Waals surface area (Å²) < 4.78 is 25.1. The Morgan fingerprint density at radius 2 is 0.488 bits per heavy atom. The predicted octanol–water partition coefficient (Wildman–Crippen LogP) is 13.6. The van der Waals surface area contributed by atoms with Crippen LogP contribution in [0.25, 0.3) is 0 Å². The fourth-order valence-corrected chi connectivity index (χ4v) is 8.07. The molecular weight excluding hydrogens is 805 g/mol. The average molecular weight is 813 g/mol. The third-order valence-corrected chi connectivity index (χ3v) is 12.4. The lowest BCUT2D eigenvalue weighted by molar-refractivity contribution is 0.161. The quantitative estimate of drug-likeness (QED) is 0.131. The summed E-state index contributed by atoms with van der Waals surface area (Å²) in [5, 5.41) is 0.116. The van der Waals surface area contributed by atoms with Crippen LogP contribution in [0.4, 0.5) is 0 Å². The van der Waals surface area contributed by atoms with Crippen molar-refractivity contribution in [3.05, 3.63) is 109 Å². The van der Waals surface area contributed by atoms with E-state index in [1.54, 1.807) is 0 Å². The zero-order valence-corrected chi connectivity index (χ0v) is 29.6. The topological polar surface area (TPSA) is 36.9 Å². The van der Waals surface area contributed by atoms with E-state index in [-0.39, 0.29) is 83.3 Å². The van der Waals surface area contributed by atoms with Crippen molar-refractivity contribution < 1.29 is 15.2 Å². The summed E-state index contributed by atoms with van der Waals surface area (Å²) in [5.41, 5.74) is 0. The van der Waals surface area contributed by atoms with Gasteiger partial charge in [0.05, 0.1) is 83.3 Å². The SMILES string of the molecule is Clc1ccc([O][Al-]([O]c2ccc(Cl)c(Cl)c2Cl)([O]c2ccc(Cl)c(Cl)c2Cl)[O]c2ccc(Cl)c(Cl)c2Cl)c(Cl)c1Cl. The number of benzene rings is 4. The van der Waals surface area contributed by atoms with Gasteiger partial charge in [0.1, 0.15) is 0 Å². The Morgan fingerprint density at radius 1 is 0.293 bits per heavy atom. The van der Waals surface area contributed by atoms with Gasteiger partial charge in [0.15, 0.2) is 0 Å². The smallest absolute Gasteiger partial charge is 0.696 e. The maximum atomic E-state index is 6.47. The van der Waals surface area contributed by atoms with Crippen molar-refractivity contribution in [3.63, 3.8) is 0 Å². The van der Waals surface area contributed by atoms with Crippen LogP contribution in [-0.4, -0.2) is 14.4 Å². The van der Waals surface area contributed by atoms with Crippen molar-refractivity contribution in [1.82, 2.24) is 0 Å². The van der Waals surface area contributed by atoms with Gasteiger partial charge in [-0.15, -0.1) is 0 Å². The first-order valence-electron chi connectivity index (χ1n) is 10.7. The summed E-state index contributed by atoms with van der Waals surface area (Å²) in [6.45, 7) is 0. The summed E-state index contributed by atoms with van der Waals surface area (Å²) in [4.78, 5) is 0. The fraction of sp³-hybridized carbons (Fsp3) is 0. The molecule has 0 N–H and O–H groups in total. The van der Waals surface area contributed by atoms with Gasteiger partial charge in [0.25, 0.3) is 0 Å². The Morgan fingerprint density at radius 3 is 0.683 bits per heavy atom. The molecule has 0 aliphatic carbocycles. The number of hydrogen-bond donors (Lipinski definition) is 0. The summed E-state index contributed by atoms with van der Waals surface area (Å²) in [6, 6.07) is 11.3. The van der Waals surface area contributed by atoms with Crippen molar-refractivity contribution in [2.75, 3.05) is 0 Å². The molecule has 0 heterocycles. The van der Waals surface area contributed by atoms with E-state index in [4.69, 9.17) is 154 Å². The zero-order chi connectivity index (χ0) is 30.2. The summed E-state index contributed by atoms with van der Waals surface area (Å²) >= 11 is 70.3. The molecule has 0 fully saturated rings. The minimum absolute atomic E-state index is 0.0220. The number of rotatable bonds is 8. The minimum atomic E-state index is -5.20. The number of halogens is 12. The second-order valence-electron chi connectivity index (χ2n) is 7.74. The summed E-state index contributed by atoms with van der Waals surface area (Å²) in [5.74, 6) is -0.242. The fourth-order valence-electron chi connectivity index (χ4n) is 3.16. The molecule has 0 saturated carbocycles. The van der Waals surface area contributed by atoms with Crippen LogP contribution in [0.1, 0.15) is 0 Å². The first-order valence-corrected chi connectivity index (χ1v) is 17.1. The first-order chi connectivity index (χ1) is 19.2. The molecule has 0 aliphatic heterocycles. The third kappa shape index (κ3) is 7.50. The molecule has 216 valence electrons. The van der Waals surface area contributed by atoms with Crippen LogP contribution in [-0.2, 0) is 0 Å². The maximum absolute atomic E-state index is 6.47. The van der Waals surface area contributed by atoms with Crippen LogP contribution < -0.4 is 15.2 Å². The molecule has 0 radical (unpaired) electrons. The van der Waals surface area contributed by atoms with Crippen LogP contribution >= 0.6 is 139 Å². The standard InChI is InChI=1S/4C6H3Cl3O.Al/c4*7-3-1-2-4(10)6(9)5(3)8;/h4*1-2,10H;/q;;;;+3/p-4. The molecule has 0 aliphatic rings. The van der Waals surface area contributed by atoms with Gasteiger partial charge in [-0.3, -0.25) is 0 Å². The third-order valence-electron chi connectivity index (χ3n) is 5.08. The number of hydrogen-bond acceptors (Lipinski definition) is 4. The Kier molecular flexibility index (Phi) is 11.6. The molecule has 0 bridgehead atoms. The largest absolute Gasteiger partial charge is 1.21 e.